The van der Waals surface area contributed by atoms with Crippen molar-refractivity contribution >= 4 is 39.8 Å². The van der Waals surface area contributed by atoms with Gasteiger partial charge in [0.2, 0.25) is 5.91 Å². The van der Waals surface area contributed by atoms with Gasteiger partial charge in [-0.3, -0.25) is 9.69 Å². The Balaban J connectivity index is 1.63. The minimum atomic E-state index is -0.130. The van der Waals surface area contributed by atoms with E-state index in [0.29, 0.717) is 23.2 Å². The maximum atomic E-state index is 13.2. The molecule has 6 nitrogen and oxygen atoms in total. The van der Waals surface area contributed by atoms with E-state index >= 15 is 0 Å². The molecule has 1 atom stereocenters. The van der Waals surface area contributed by atoms with Crippen LogP contribution in [0.3, 0.4) is 0 Å². The molecular formula is C26H27N3O3S. The van der Waals surface area contributed by atoms with Crippen molar-refractivity contribution in [3.63, 3.8) is 0 Å². The molecule has 1 unspecified atom stereocenters. The van der Waals surface area contributed by atoms with Crippen LogP contribution in [0, 0.1) is 0 Å². The van der Waals surface area contributed by atoms with E-state index in [2.05, 4.69) is 41.4 Å². The second-order valence-corrected chi connectivity index (χ2v) is 8.86. The summed E-state index contributed by atoms with van der Waals surface area (Å²) in [7, 11) is 3.21. The van der Waals surface area contributed by atoms with Gasteiger partial charge in [0.25, 0.3) is 0 Å². The van der Waals surface area contributed by atoms with Crippen LogP contribution in [0.5, 0.6) is 11.5 Å². The van der Waals surface area contributed by atoms with Gasteiger partial charge in [0, 0.05) is 11.6 Å². The standard InChI is InChI=1S/C26H27N3O3S/c1-4-8-24-25(30)29(17-20-11-7-10-18-9-5-6-12-22(18)20)26(33-24)28-27-16-19-13-14-21(31-2)15-23(19)32-3/h5-7,9-16,24H,4,8,17H2,1-3H3/b27-16+,28-26+. The summed E-state index contributed by atoms with van der Waals surface area (Å²) in [6, 6.07) is 19.9. The highest BCUT2D eigenvalue weighted by Crippen LogP contribution is 2.33. The lowest BCUT2D eigenvalue weighted by atomic mass is 10.0. The zero-order valence-electron chi connectivity index (χ0n) is 19.0. The van der Waals surface area contributed by atoms with Crippen LogP contribution in [0.1, 0.15) is 30.9 Å². The summed E-state index contributed by atoms with van der Waals surface area (Å²) in [4.78, 5) is 14.9. The molecule has 0 N–H and O–H groups in total. The Morgan fingerprint density at radius 3 is 2.67 bits per heavy atom. The second kappa shape index (κ2) is 10.5. The predicted molar refractivity (Wildman–Crippen MR) is 135 cm³/mol. The van der Waals surface area contributed by atoms with Crippen LogP contribution < -0.4 is 9.47 Å². The third-order valence-electron chi connectivity index (χ3n) is 5.56. The largest absolute Gasteiger partial charge is 0.497 e. The summed E-state index contributed by atoms with van der Waals surface area (Å²) in [5, 5.41) is 11.5. The monoisotopic (exact) mass is 461 g/mol. The third kappa shape index (κ3) is 5.03. The molecular weight excluding hydrogens is 434 g/mol. The fourth-order valence-electron chi connectivity index (χ4n) is 3.84. The minimum Gasteiger partial charge on any atom is -0.497 e. The van der Waals surface area contributed by atoms with E-state index in [1.165, 1.54) is 11.8 Å². The van der Waals surface area contributed by atoms with E-state index in [4.69, 9.17) is 9.47 Å². The zero-order valence-corrected chi connectivity index (χ0v) is 19.8. The number of rotatable bonds is 8. The molecule has 33 heavy (non-hydrogen) atoms. The van der Waals surface area contributed by atoms with E-state index in [1.807, 2.05) is 30.3 Å². The molecule has 3 aromatic carbocycles. The number of fused-ring (bicyclic) bond motifs is 1. The van der Waals surface area contributed by atoms with Crippen molar-refractivity contribution in [2.24, 2.45) is 10.2 Å². The average molecular weight is 462 g/mol. The molecule has 170 valence electrons. The topological polar surface area (TPSA) is 63.5 Å². The summed E-state index contributed by atoms with van der Waals surface area (Å²) in [6.07, 6.45) is 3.38. The van der Waals surface area contributed by atoms with Crippen molar-refractivity contribution in [1.29, 1.82) is 0 Å². The molecule has 4 rings (SSSR count). The maximum Gasteiger partial charge on any atom is 0.242 e. The summed E-state index contributed by atoms with van der Waals surface area (Å²) in [5.74, 6) is 1.44. The number of benzene rings is 3. The van der Waals surface area contributed by atoms with Crippen LogP contribution in [-0.2, 0) is 11.3 Å². The van der Waals surface area contributed by atoms with Gasteiger partial charge in [0.15, 0.2) is 5.17 Å². The molecule has 0 aromatic heterocycles. The highest BCUT2D eigenvalue weighted by atomic mass is 32.2. The number of amides is 1. The molecule has 7 heteroatoms. The Morgan fingerprint density at radius 1 is 1.06 bits per heavy atom. The highest BCUT2D eigenvalue weighted by Gasteiger charge is 2.37. The highest BCUT2D eigenvalue weighted by molar-refractivity contribution is 8.15. The zero-order chi connectivity index (χ0) is 23.2. The molecule has 1 aliphatic rings. The van der Waals surface area contributed by atoms with Crippen LogP contribution in [-0.4, -0.2) is 41.7 Å². The third-order valence-corrected chi connectivity index (χ3v) is 6.79. The van der Waals surface area contributed by atoms with E-state index in [1.54, 1.807) is 31.4 Å². The van der Waals surface area contributed by atoms with E-state index in [-0.39, 0.29) is 11.2 Å². The van der Waals surface area contributed by atoms with Gasteiger partial charge in [-0.25, -0.2) is 0 Å². The van der Waals surface area contributed by atoms with Crippen LogP contribution in [0.2, 0.25) is 0 Å². The fraction of sp³-hybridized carbons (Fsp3) is 0.269. The number of nitrogens with zero attached hydrogens (tertiary/aromatic N) is 3. The van der Waals surface area contributed by atoms with Gasteiger partial charge in [-0.05, 0) is 34.9 Å². The van der Waals surface area contributed by atoms with Crippen molar-refractivity contribution in [3.05, 3.63) is 71.8 Å². The van der Waals surface area contributed by atoms with Gasteiger partial charge < -0.3 is 9.47 Å². The predicted octanol–water partition coefficient (Wildman–Crippen LogP) is 5.49. The van der Waals surface area contributed by atoms with Crippen molar-refractivity contribution < 1.29 is 14.3 Å². The molecule has 3 aromatic rings. The lowest BCUT2D eigenvalue weighted by Crippen LogP contribution is -2.31. The Bertz CT molecular complexity index is 1200. The minimum absolute atomic E-state index is 0.0887. The van der Waals surface area contributed by atoms with E-state index < -0.39 is 0 Å². The first-order valence-electron chi connectivity index (χ1n) is 10.9. The molecule has 1 fully saturated rings. The lowest BCUT2D eigenvalue weighted by Gasteiger charge is -2.17. The number of carbonyl (C=O) groups is 1. The molecule has 0 aliphatic carbocycles. The van der Waals surface area contributed by atoms with Gasteiger partial charge in [-0.1, -0.05) is 67.6 Å². The smallest absolute Gasteiger partial charge is 0.242 e. The van der Waals surface area contributed by atoms with Crippen molar-refractivity contribution in [2.45, 2.75) is 31.6 Å². The summed E-state index contributed by atoms with van der Waals surface area (Å²) < 4.78 is 10.7. The van der Waals surface area contributed by atoms with E-state index in [0.717, 1.165) is 34.7 Å². The molecule has 1 aliphatic heterocycles. The average Bonchev–Trinajstić information content (AvgIpc) is 3.14. The molecule has 1 amide bonds. The summed E-state index contributed by atoms with van der Waals surface area (Å²) in [6.45, 7) is 2.56. The SMILES string of the molecule is CCCC1S/C(=N/N=C/c2ccc(OC)cc2OC)N(Cc2cccc3ccccc23)C1=O. The summed E-state index contributed by atoms with van der Waals surface area (Å²) >= 11 is 1.49. The number of carbonyl (C=O) groups excluding carboxylic acids is 1. The van der Waals surface area contributed by atoms with Gasteiger partial charge in [0.1, 0.15) is 11.5 Å². The molecule has 0 bridgehead atoms. The molecule has 0 spiro atoms. The molecule has 1 heterocycles. The Kier molecular flexibility index (Phi) is 7.29. The van der Waals surface area contributed by atoms with Crippen molar-refractivity contribution in [2.75, 3.05) is 14.2 Å². The number of methoxy groups -OCH3 is 2. The van der Waals surface area contributed by atoms with Gasteiger partial charge in [-0.15, -0.1) is 5.10 Å². The number of hydrogen-bond acceptors (Lipinski definition) is 6. The number of hydrogen-bond donors (Lipinski definition) is 0. The van der Waals surface area contributed by atoms with Crippen LogP contribution in [0.15, 0.2) is 70.9 Å². The van der Waals surface area contributed by atoms with Gasteiger partial charge in [-0.2, -0.15) is 5.10 Å². The first-order valence-corrected chi connectivity index (χ1v) is 11.8. The normalized spacial score (nSPS) is 17.4. The molecule has 0 saturated carbocycles. The first kappa shape index (κ1) is 22.9. The van der Waals surface area contributed by atoms with Crippen molar-refractivity contribution in [3.8, 4) is 11.5 Å². The fourth-order valence-corrected chi connectivity index (χ4v) is 5.06. The maximum absolute atomic E-state index is 13.2. The molecule has 0 radical (unpaired) electrons. The van der Waals surface area contributed by atoms with Crippen LogP contribution in [0.4, 0.5) is 0 Å². The van der Waals surface area contributed by atoms with Crippen LogP contribution in [0.25, 0.3) is 10.8 Å². The lowest BCUT2D eigenvalue weighted by molar-refractivity contribution is -0.126. The number of thioether (sulfide) groups is 1. The summed E-state index contributed by atoms with van der Waals surface area (Å²) in [5.41, 5.74) is 1.87. The number of amidine groups is 1. The Morgan fingerprint density at radius 2 is 1.88 bits per heavy atom. The van der Waals surface area contributed by atoms with Crippen molar-refractivity contribution in [1.82, 2.24) is 4.90 Å². The Hall–Kier alpha value is -3.32. The van der Waals surface area contributed by atoms with E-state index in [9.17, 15) is 4.79 Å². The first-order chi connectivity index (χ1) is 16.1. The Labute approximate surface area is 198 Å². The molecule has 1 saturated heterocycles. The van der Waals surface area contributed by atoms with Gasteiger partial charge >= 0.3 is 0 Å². The van der Waals surface area contributed by atoms with Gasteiger partial charge in [0.05, 0.1) is 32.2 Å². The van der Waals surface area contributed by atoms with Crippen LogP contribution >= 0.6 is 11.8 Å². The number of ether oxygens (including phenoxy) is 2. The second-order valence-electron chi connectivity index (χ2n) is 7.69. The quantitative estimate of drug-likeness (QED) is 0.329.